The molecule has 0 aliphatic rings. The van der Waals surface area contributed by atoms with Crippen LogP contribution >= 0.6 is 0 Å². The van der Waals surface area contributed by atoms with Gasteiger partial charge in [0.25, 0.3) is 0 Å². The van der Waals surface area contributed by atoms with Crippen molar-refractivity contribution in [1.29, 1.82) is 0 Å². The van der Waals surface area contributed by atoms with Crippen LogP contribution in [0.5, 0.6) is 0 Å². The van der Waals surface area contributed by atoms with Crippen LogP contribution in [0.4, 0.5) is 0 Å². The first-order chi connectivity index (χ1) is 59.5. The number of hydrogen-bond acceptors (Lipinski definition) is 4. The Morgan fingerprint density at radius 3 is 0.817 bits per heavy atom. The zero-order valence-electron chi connectivity index (χ0n) is 65.1. The Bertz CT molecular complexity index is 8100. The molecule has 6 heterocycles. The van der Waals surface area contributed by atoms with E-state index in [1.807, 2.05) is 24.3 Å². The molecular weight excluding hydrogens is 1460 g/mol. The minimum atomic E-state index is 0.690. The zero-order valence-corrected chi connectivity index (χ0v) is 65.1. The average molecular weight is 1530 g/mol. The lowest BCUT2D eigenvalue weighted by Gasteiger charge is -2.13. The first-order valence-electron chi connectivity index (χ1n) is 40.8. The molecule has 0 saturated heterocycles. The summed E-state index contributed by atoms with van der Waals surface area (Å²) in [6.07, 6.45) is 0. The third-order valence-corrected chi connectivity index (χ3v) is 23.9. The molecule has 0 atom stereocenters. The maximum atomic E-state index is 5.26. The van der Waals surface area contributed by atoms with Crippen molar-refractivity contribution in [2.24, 2.45) is 0 Å². The van der Waals surface area contributed by atoms with Crippen LogP contribution in [0.3, 0.4) is 0 Å². The summed E-state index contributed by atoms with van der Waals surface area (Å²) in [6, 6.07) is 156. The lowest BCUT2D eigenvalue weighted by atomic mass is 9.98. The number of benzene rings is 18. The number of hydrogen-bond donors (Lipinski definition) is 0. The SMILES string of the molecule is c1ccc(-c2cc(-c3ccc(-n4c5ccccc5c5c6c7ccccc7n(-c7ccc8ccccc8c7)c6ccc54)cc3)nc(-c3ccccc3-c3ccccc3)n2)cc1.c1ccc(-c2ccc(-c3cc(-c4ccccc4)nc(-c4ccc(-n5c6ccccc6c6c7c8ccccc8n(-c8ccc9ccccc9c8)c7ccc65)cc4)n3)cc2)cc1. The molecule has 8 nitrogen and oxygen atoms in total. The normalized spacial score (nSPS) is 11.7. The van der Waals surface area contributed by atoms with Gasteiger partial charge in [-0.2, -0.15) is 0 Å². The van der Waals surface area contributed by atoms with Crippen LogP contribution in [0.25, 0.3) is 222 Å². The predicted octanol–water partition coefficient (Wildman–Crippen LogP) is 29.0. The van der Waals surface area contributed by atoms with Crippen LogP contribution < -0.4 is 0 Å². The Balaban J connectivity index is 0.000000140. The molecule has 0 unspecified atom stereocenters. The molecule has 0 N–H and O–H groups in total. The van der Waals surface area contributed by atoms with Gasteiger partial charge in [-0.1, -0.05) is 315 Å². The summed E-state index contributed by atoms with van der Waals surface area (Å²) in [7, 11) is 0. The van der Waals surface area contributed by atoms with Gasteiger partial charge in [-0.25, -0.2) is 19.9 Å². The van der Waals surface area contributed by atoms with Gasteiger partial charge >= 0.3 is 0 Å². The lowest BCUT2D eigenvalue weighted by molar-refractivity contribution is 1.16. The molecule has 24 aromatic rings. The third-order valence-electron chi connectivity index (χ3n) is 23.9. The van der Waals surface area contributed by atoms with Gasteiger partial charge in [0, 0.05) is 99.2 Å². The van der Waals surface area contributed by atoms with E-state index in [0.717, 1.165) is 90.0 Å². The average Bonchev–Trinajstić information content (AvgIpc) is 1.55. The van der Waals surface area contributed by atoms with E-state index in [1.54, 1.807) is 0 Å². The Hall–Kier alpha value is -16.2. The molecule has 18 aromatic carbocycles. The Morgan fingerprint density at radius 1 is 0.150 bits per heavy atom. The minimum absolute atomic E-state index is 0.690. The van der Waals surface area contributed by atoms with Gasteiger partial charge in [0.05, 0.1) is 66.9 Å². The Kier molecular flexibility index (Phi) is 16.7. The Morgan fingerprint density at radius 2 is 0.417 bits per heavy atom. The van der Waals surface area contributed by atoms with Crippen LogP contribution in [-0.4, -0.2) is 38.2 Å². The fourth-order valence-electron chi connectivity index (χ4n) is 18.3. The summed E-state index contributed by atoms with van der Waals surface area (Å²) in [5.41, 5.74) is 28.2. The molecule has 6 aromatic heterocycles. The van der Waals surface area contributed by atoms with Crippen molar-refractivity contribution >= 4 is 109 Å². The highest BCUT2D eigenvalue weighted by molar-refractivity contribution is 6.30. The van der Waals surface area contributed by atoms with E-state index in [1.165, 1.54) is 120 Å². The second kappa shape index (κ2) is 29.0. The summed E-state index contributed by atoms with van der Waals surface area (Å²) >= 11 is 0. The van der Waals surface area contributed by atoms with Crippen molar-refractivity contribution < 1.29 is 0 Å². The molecule has 0 amide bonds. The maximum Gasteiger partial charge on any atom is 0.161 e. The fraction of sp³-hybridized carbons (Fsp3) is 0. The highest BCUT2D eigenvalue weighted by Crippen LogP contribution is 2.46. The van der Waals surface area contributed by atoms with Crippen molar-refractivity contribution in [3.05, 3.63) is 437 Å². The topological polar surface area (TPSA) is 71.3 Å². The zero-order chi connectivity index (χ0) is 79.1. The molecular formula is C112H72N8. The number of aromatic nitrogens is 8. The summed E-state index contributed by atoms with van der Waals surface area (Å²) < 4.78 is 9.66. The summed E-state index contributed by atoms with van der Waals surface area (Å²) in [6.45, 7) is 0. The van der Waals surface area contributed by atoms with Gasteiger partial charge < -0.3 is 18.3 Å². The molecule has 0 spiro atoms. The summed E-state index contributed by atoms with van der Waals surface area (Å²) in [4.78, 5) is 20.8. The molecule has 0 radical (unpaired) electrons. The van der Waals surface area contributed by atoms with E-state index in [2.05, 4.69) is 431 Å². The molecule has 0 fully saturated rings. The Labute approximate surface area is 692 Å². The summed E-state index contributed by atoms with van der Waals surface area (Å²) in [5, 5.41) is 14.9. The van der Waals surface area contributed by atoms with Crippen molar-refractivity contribution in [2.75, 3.05) is 0 Å². The van der Waals surface area contributed by atoms with Gasteiger partial charge in [-0.3, -0.25) is 0 Å². The van der Waals surface area contributed by atoms with E-state index in [0.29, 0.717) is 11.6 Å². The van der Waals surface area contributed by atoms with Crippen molar-refractivity contribution in [3.8, 4) is 113 Å². The van der Waals surface area contributed by atoms with Crippen LogP contribution in [0, 0.1) is 0 Å². The monoisotopic (exact) mass is 1530 g/mol. The molecule has 560 valence electrons. The maximum absolute atomic E-state index is 5.26. The number of fused-ring (bicyclic) bond motifs is 16. The van der Waals surface area contributed by atoms with Crippen molar-refractivity contribution in [1.82, 2.24) is 38.2 Å². The van der Waals surface area contributed by atoms with Gasteiger partial charge in [0.15, 0.2) is 11.6 Å². The van der Waals surface area contributed by atoms with E-state index < -0.39 is 0 Å². The fourth-order valence-corrected chi connectivity index (χ4v) is 18.3. The molecule has 24 rings (SSSR count). The standard InChI is InChI=1S/2C56H36N4/c1-3-13-37(14-4-1)39-23-25-41(26-24-39)49-36-48(40-16-5-2-6-17-40)57-56(58-49)42-28-30-44(31-29-42)59-50-21-11-9-19-46(50)54-52(59)33-34-53-55(54)47-20-10-12-22-51(47)60(53)45-32-27-38-15-7-8-18-43(38)35-45;1-3-16-38(17-4-1)44-21-9-10-22-45(44)56-57-48(39-18-5-2-6-19-39)36-49(58-56)40-28-30-42(31-29-40)59-50-25-13-11-23-46(50)54-52(59)33-34-53-55(54)47-24-12-14-26-51(47)60(53)43-32-27-37-15-7-8-20-41(37)35-43/h2*1-36H. The van der Waals surface area contributed by atoms with Crippen molar-refractivity contribution in [3.63, 3.8) is 0 Å². The quantitative estimate of drug-likeness (QED) is 0.122. The number of nitrogens with zero attached hydrogens (tertiary/aromatic N) is 8. The highest BCUT2D eigenvalue weighted by atomic mass is 15.0. The molecule has 0 saturated carbocycles. The van der Waals surface area contributed by atoms with Crippen LogP contribution in [0.1, 0.15) is 0 Å². The van der Waals surface area contributed by atoms with Crippen LogP contribution in [0.2, 0.25) is 0 Å². The largest absolute Gasteiger partial charge is 0.309 e. The highest BCUT2D eigenvalue weighted by Gasteiger charge is 2.25. The minimum Gasteiger partial charge on any atom is -0.309 e. The molecule has 0 aliphatic heterocycles. The second-order valence-electron chi connectivity index (χ2n) is 30.8. The van der Waals surface area contributed by atoms with E-state index in [-0.39, 0.29) is 0 Å². The first kappa shape index (κ1) is 69.4. The molecule has 8 heteroatoms. The van der Waals surface area contributed by atoms with Crippen molar-refractivity contribution in [2.45, 2.75) is 0 Å². The van der Waals surface area contributed by atoms with Gasteiger partial charge in [0.1, 0.15) is 0 Å². The van der Waals surface area contributed by atoms with Gasteiger partial charge in [-0.05, 0) is 165 Å². The number of rotatable bonds is 12. The number of para-hydroxylation sites is 4. The van der Waals surface area contributed by atoms with E-state index in [4.69, 9.17) is 19.9 Å². The first-order valence-corrected chi connectivity index (χ1v) is 40.8. The van der Waals surface area contributed by atoms with E-state index >= 15 is 0 Å². The smallest absolute Gasteiger partial charge is 0.161 e. The summed E-state index contributed by atoms with van der Waals surface area (Å²) in [5.74, 6) is 1.39. The van der Waals surface area contributed by atoms with Crippen LogP contribution in [0.15, 0.2) is 437 Å². The predicted molar refractivity (Wildman–Crippen MR) is 500 cm³/mol. The van der Waals surface area contributed by atoms with Crippen LogP contribution in [-0.2, 0) is 0 Å². The third kappa shape index (κ3) is 11.9. The molecule has 0 aliphatic carbocycles. The second-order valence-corrected chi connectivity index (χ2v) is 30.8. The molecule has 120 heavy (non-hydrogen) atoms. The lowest BCUT2D eigenvalue weighted by Crippen LogP contribution is -1.98. The van der Waals surface area contributed by atoms with Gasteiger partial charge in [0.2, 0.25) is 0 Å². The van der Waals surface area contributed by atoms with E-state index in [9.17, 15) is 0 Å². The van der Waals surface area contributed by atoms with Gasteiger partial charge in [-0.15, -0.1) is 0 Å². The molecule has 0 bridgehead atoms.